The van der Waals surface area contributed by atoms with E-state index in [1.165, 1.54) is 30.5 Å². The number of ether oxygens (including phenoxy) is 2. The Labute approximate surface area is 137 Å². The first kappa shape index (κ1) is 16.7. The Morgan fingerprint density at radius 3 is 2.61 bits per heavy atom. The SMILES string of the molecule is O=C(OCCCOc1cc(Cl)ccn1)c1ccc([N+](=O)[O-])cc1. The van der Waals surface area contributed by atoms with Crippen molar-refractivity contribution in [3.8, 4) is 5.88 Å². The van der Waals surface area contributed by atoms with Gasteiger partial charge in [0.25, 0.3) is 5.69 Å². The number of esters is 1. The second kappa shape index (κ2) is 8.09. The lowest BCUT2D eigenvalue weighted by molar-refractivity contribution is -0.384. The van der Waals surface area contributed by atoms with E-state index in [0.29, 0.717) is 23.9 Å². The van der Waals surface area contributed by atoms with Crippen molar-refractivity contribution in [2.24, 2.45) is 0 Å². The van der Waals surface area contributed by atoms with Crippen molar-refractivity contribution in [2.75, 3.05) is 13.2 Å². The summed E-state index contributed by atoms with van der Waals surface area (Å²) in [4.78, 5) is 25.7. The fraction of sp³-hybridized carbons (Fsp3) is 0.200. The van der Waals surface area contributed by atoms with Gasteiger partial charge in [-0.1, -0.05) is 11.6 Å². The van der Waals surface area contributed by atoms with Crippen LogP contribution in [0.3, 0.4) is 0 Å². The van der Waals surface area contributed by atoms with Gasteiger partial charge < -0.3 is 9.47 Å². The Bertz CT molecular complexity index is 691. The summed E-state index contributed by atoms with van der Waals surface area (Å²) in [5, 5.41) is 11.1. The lowest BCUT2D eigenvalue weighted by Crippen LogP contribution is -2.09. The fourth-order valence-corrected chi connectivity index (χ4v) is 1.82. The largest absolute Gasteiger partial charge is 0.477 e. The predicted octanol–water partition coefficient (Wildman–Crippen LogP) is 3.27. The molecular formula is C15H13ClN2O5. The molecule has 1 aromatic heterocycles. The fourth-order valence-electron chi connectivity index (χ4n) is 1.67. The van der Waals surface area contributed by atoms with Crippen LogP contribution in [0.1, 0.15) is 16.8 Å². The lowest BCUT2D eigenvalue weighted by Gasteiger charge is -2.06. The second-order valence-corrected chi connectivity index (χ2v) is 4.89. The van der Waals surface area contributed by atoms with E-state index in [-0.39, 0.29) is 17.9 Å². The third-order valence-electron chi connectivity index (χ3n) is 2.78. The molecule has 0 aliphatic carbocycles. The predicted molar refractivity (Wildman–Crippen MR) is 82.7 cm³/mol. The van der Waals surface area contributed by atoms with Crippen LogP contribution in [0.25, 0.3) is 0 Å². The number of aromatic nitrogens is 1. The number of carbonyl (C=O) groups is 1. The van der Waals surface area contributed by atoms with Gasteiger partial charge in [0.2, 0.25) is 5.88 Å². The second-order valence-electron chi connectivity index (χ2n) is 4.45. The summed E-state index contributed by atoms with van der Waals surface area (Å²) in [7, 11) is 0. The minimum atomic E-state index is -0.541. The van der Waals surface area contributed by atoms with Gasteiger partial charge in [-0.2, -0.15) is 0 Å². The molecule has 2 aromatic rings. The molecule has 0 bridgehead atoms. The summed E-state index contributed by atoms with van der Waals surface area (Å²) in [6.45, 7) is 0.483. The number of rotatable bonds is 7. The van der Waals surface area contributed by atoms with Gasteiger partial charge in [-0.15, -0.1) is 0 Å². The molecule has 0 fully saturated rings. The molecule has 8 heteroatoms. The summed E-state index contributed by atoms with van der Waals surface area (Å²) in [6.07, 6.45) is 2.01. The molecule has 0 saturated carbocycles. The summed E-state index contributed by atoms with van der Waals surface area (Å²) in [6, 6.07) is 8.44. The Hall–Kier alpha value is -2.67. The number of pyridine rings is 1. The van der Waals surface area contributed by atoms with Gasteiger partial charge in [-0.3, -0.25) is 10.1 Å². The van der Waals surface area contributed by atoms with Crippen LogP contribution >= 0.6 is 11.6 Å². The molecule has 1 heterocycles. The molecule has 0 N–H and O–H groups in total. The minimum absolute atomic E-state index is 0.0797. The zero-order chi connectivity index (χ0) is 16.7. The topological polar surface area (TPSA) is 91.6 Å². The lowest BCUT2D eigenvalue weighted by atomic mass is 10.2. The molecule has 0 amide bonds. The van der Waals surface area contributed by atoms with E-state index in [1.807, 2.05) is 0 Å². The number of non-ortho nitro benzene ring substituents is 1. The first-order valence-electron chi connectivity index (χ1n) is 6.72. The zero-order valence-corrected chi connectivity index (χ0v) is 12.7. The van der Waals surface area contributed by atoms with Crippen LogP contribution < -0.4 is 4.74 Å². The Morgan fingerprint density at radius 1 is 1.22 bits per heavy atom. The van der Waals surface area contributed by atoms with Gasteiger partial charge in [0.1, 0.15) is 0 Å². The van der Waals surface area contributed by atoms with Crippen LogP contribution in [0, 0.1) is 10.1 Å². The third kappa shape index (κ3) is 5.23. The van der Waals surface area contributed by atoms with Crippen molar-refractivity contribution in [3.05, 3.63) is 63.3 Å². The van der Waals surface area contributed by atoms with E-state index >= 15 is 0 Å². The number of nitro benzene ring substituents is 1. The Balaban J connectivity index is 1.71. The van der Waals surface area contributed by atoms with Crippen molar-refractivity contribution in [1.82, 2.24) is 4.98 Å². The highest BCUT2D eigenvalue weighted by molar-refractivity contribution is 6.30. The maximum Gasteiger partial charge on any atom is 0.338 e. The maximum absolute atomic E-state index is 11.7. The molecular weight excluding hydrogens is 324 g/mol. The number of benzene rings is 1. The van der Waals surface area contributed by atoms with E-state index in [1.54, 1.807) is 12.1 Å². The van der Waals surface area contributed by atoms with E-state index < -0.39 is 10.9 Å². The summed E-state index contributed by atoms with van der Waals surface area (Å²) >= 11 is 5.79. The maximum atomic E-state index is 11.7. The molecule has 23 heavy (non-hydrogen) atoms. The van der Waals surface area contributed by atoms with Gasteiger partial charge in [0.05, 0.1) is 23.7 Å². The highest BCUT2D eigenvalue weighted by Crippen LogP contribution is 2.14. The van der Waals surface area contributed by atoms with Crippen LogP contribution in [0.4, 0.5) is 5.69 Å². The van der Waals surface area contributed by atoms with Crippen molar-refractivity contribution in [2.45, 2.75) is 6.42 Å². The molecule has 0 radical (unpaired) electrons. The highest BCUT2D eigenvalue weighted by Gasteiger charge is 2.10. The molecule has 120 valence electrons. The summed E-state index contributed by atoms with van der Waals surface area (Å²) < 4.78 is 10.4. The molecule has 0 aliphatic rings. The number of nitrogens with zero attached hydrogens (tertiary/aromatic N) is 2. The molecule has 0 unspecified atom stereocenters. The van der Waals surface area contributed by atoms with Crippen molar-refractivity contribution >= 4 is 23.3 Å². The van der Waals surface area contributed by atoms with Crippen LogP contribution in [0.5, 0.6) is 5.88 Å². The van der Waals surface area contributed by atoms with Crippen LogP contribution in [-0.4, -0.2) is 29.1 Å². The average molecular weight is 337 g/mol. The van der Waals surface area contributed by atoms with Crippen molar-refractivity contribution in [1.29, 1.82) is 0 Å². The highest BCUT2D eigenvalue weighted by atomic mass is 35.5. The van der Waals surface area contributed by atoms with E-state index in [9.17, 15) is 14.9 Å². The average Bonchev–Trinajstić information content (AvgIpc) is 2.54. The first-order valence-corrected chi connectivity index (χ1v) is 7.10. The molecule has 1 aromatic carbocycles. The summed E-state index contributed by atoms with van der Waals surface area (Å²) in [5.74, 6) is -0.139. The van der Waals surface area contributed by atoms with Crippen LogP contribution in [0.15, 0.2) is 42.6 Å². The quantitative estimate of drug-likeness (QED) is 0.333. The zero-order valence-electron chi connectivity index (χ0n) is 12.0. The third-order valence-corrected chi connectivity index (χ3v) is 3.02. The minimum Gasteiger partial charge on any atom is -0.477 e. The molecule has 0 aliphatic heterocycles. The molecule has 7 nitrogen and oxygen atoms in total. The number of carbonyl (C=O) groups excluding carboxylic acids is 1. The normalized spacial score (nSPS) is 10.1. The number of halogens is 1. The van der Waals surface area contributed by atoms with Crippen LogP contribution in [-0.2, 0) is 4.74 Å². The standard InChI is InChI=1S/C15H13ClN2O5/c16-12-6-7-17-14(10-12)22-8-1-9-23-15(19)11-2-4-13(5-3-11)18(20)21/h2-7,10H,1,8-9H2. The Morgan fingerprint density at radius 2 is 1.96 bits per heavy atom. The molecule has 0 spiro atoms. The molecule has 0 atom stereocenters. The number of hydrogen-bond donors (Lipinski definition) is 0. The van der Waals surface area contributed by atoms with E-state index in [4.69, 9.17) is 21.1 Å². The van der Waals surface area contributed by atoms with E-state index in [0.717, 1.165) is 0 Å². The molecule has 0 saturated heterocycles. The van der Waals surface area contributed by atoms with E-state index in [2.05, 4.69) is 4.98 Å². The summed E-state index contributed by atoms with van der Waals surface area (Å²) in [5.41, 5.74) is 0.178. The van der Waals surface area contributed by atoms with Crippen molar-refractivity contribution < 1.29 is 19.2 Å². The first-order chi connectivity index (χ1) is 11.1. The molecule has 2 rings (SSSR count). The Kier molecular flexibility index (Phi) is 5.87. The number of nitro groups is 1. The van der Waals surface area contributed by atoms with Gasteiger partial charge in [-0.25, -0.2) is 9.78 Å². The monoisotopic (exact) mass is 336 g/mol. The smallest absolute Gasteiger partial charge is 0.338 e. The van der Waals surface area contributed by atoms with Crippen LogP contribution in [0.2, 0.25) is 5.02 Å². The number of hydrogen-bond acceptors (Lipinski definition) is 6. The van der Waals surface area contributed by atoms with Gasteiger partial charge >= 0.3 is 5.97 Å². The van der Waals surface area contributed by atoms with Gasteiger partial charge in [0.15, 0.2) is 0 Å². The van der Waals surface area contributed by atoms with Gasteiger partial charge in [-0.05, 0) is 18.2 Å². The van der Waals surface area contributed by atoms with Crippen molar-refractivity contribution in [3.63, 3.8) is 0 Å². The van der Waals surface area contributed by atoms with Gasteiger partial charge in [0, 0.05) is 35.8 Å².